The first-order chi connectivity index (χ1) is 8.50. The number of nitro groups is 1. The predicted octanol–water partition coefficient (Wildman–Crippen LogP) is 2.25. The van der Waals surface area contributed by atoms with Gasteiger partial charge in [-0.05, 0) is 31.0 Å². The van der Waals surface area contributed by atoms with Gasteiger partial charge in [-0.25, -0.2) is 9.97 Å². The minimum absolute atomic E-state index is 0.122. The van der Waals surface area contributed by atoms with Gasteiger partial charge >= 0.3 is 5.69 Å². The van der Waals surface area contributed by atoms with E-state index in [-0.39, 0.29) is 17.2 Å². The average Bonchev–Trinajstić information content (AvgIpc) is 2.32. The Bertz CT molecular complexity index is 625. The third kappa shape index (κ3) is 2.00. The molecule has 92 valence electrons. The maximum Gasteiger partial charge on any atom is 0.337 e. The van der Waals surface area contributed by atoms with E-state index in [0.29, 0.717) is 5.56 Å². The van der Waals surface area contributed by atoms with Gasteiger partial charge in [0.15, 0.2) is 5.69 Å². The Hall–Kier alpha value is -2.50. The van der Waals surface area contributed by atoms with Crippen molar-refractivity contribution in [3.8, 4) is 11.3 Å². The van der Waals surface area contributed by atoms with Crippen LogP contribution in [-0.4, -0.2) is 14.9 Å². The van der Waals surface area contributed by atoms with Crippen molar-refractivity contribution < 1.29 is 4.92 Å². The zero-order chi connectivity index (χ0) is 13.3. The molecule has 0 aliphatic carbocycles. The molecule has 6 heteroatoms. The summed E-state index contributed by atoms with van der Waals surface area (Å²) in [4.78, 5) is 18.1. The van der Waals surface area contributed by atoms with E-state index in [9.17, 15) is 10.1 Å². The molecule has 18 heavy (non-hydrogen) atoms. The lowest BCUT2D eigenvalue weighted by molar-refractivity contribution is -0.383. The number of nitrogen functional groups attached to an aromatic ring is 1. The molecule has 0 amide bonds. The molecule has 1 aromatic heterocycles. The number of anilines is 1. The monoisotopic (exact) mass is 244 g/mol. The number of hydrogen-bond acceptors (Lipinski definition) is 5. The second-order valence-electron chi connectivity index (χ2n) is 4.01. The van der Waals surface area contributed by atoms with Gasteiger partial charge in [-0.1, -0.05) is 12.1 Å². The van der Waals surface area contributed by atoms with Crippen molar-refractivity contribution in [2.45, 2.75) is 13.8 Å². The third-order valence-corrected chi connectivity index (χ3v) is 2.81. The maximum absolute atomic E-state index is 11.0. The van der Waals surface area contributed by atoms with E-state index in [1.54, 1.807) is 6.07 Å². The largest absolute Gasteiger partial charge is 0.378 e. The number of nitrogens with two attached hydrogens (primary N) is 1. The first-order valence-corrected chi connectivity index (χ1v) is 5.33. The summed E-state index contributed by atoms with van der Waals surface area (Å²) in [5.41, 5.74) is 8.35. The van der Waals surface area contributed by atoms with Gasteiger partial charge in [0.1, 0.15) is 6.33 Å². The lowest BCUT2D eigenvalue weighted by Crippen LogP contribution is -2.02. The minimum Gasteiger partial charge on any atom is -0.378 e. The summed E-state index contributed by atoms with van der Waals surface area (Å²) in [5.74, 6) is -0.122. The summed E-state index contributed by atoms with van der Waals surface area (Å²) in [6.45, 7) is 3.91. The van der Waals surface area contributed by atoms with E-state index in [0.717, 1.165) is 11.1 Å². The van der Waals surface area contributed by atoms with Crippen LogP contribution >= 0.6 is 0 Å². The fourth-order valence-electron chi connectivity index (χ4n) is 1.67. The smallest absolute Gasteiger partial charge is 0.337 e. The number of hydrogen-bond donors (Lipinski definition) is 1. The molecule has 0 saturated carbocycles. The van der Waals surface area contributed by atoms with Crippen molar-refractivity contribution in [2.24, 2.45) is 0 Å². The van der Waals surface area contributed by atoms with Crippen molar-refractivity contribution in [1.82, 2.24) is 9.97 Å². The Labute approximate surface area is 104 Å². The number of aromatic nitrogens is 2. The van der Waals surface area contributed by atoms with Crippen LogP contribution in [0, 0.1) is 24.0 Å². The molecule has 2 aromatic rings. The predicted molar refractivity (Wildman–Crippen MR) is 68.0 cm³/mol. The summed E-state index contributed by atoms with van der Waals surface area (Å²) < 4.78 is 0. The SMILES string of the molecule is Cc1ccc(-c2ncnc(N)c2[N+](=O)[O-])cc1C. The number of rotatable bonds is 2. The van der Waals surface area contributed by atoms with Gasteiger partial charge in [-0.2, -0.15) is 0 Å². The Morgan fingerprint density at radius 3 is 2.56 bits per heavy atom. The Balaban J connectivity index is 2.67. The molecular weight excluding hydrogens is 232 g/mol. The van der Waals surface area contributed by atoms with Gasteiger partial charge in [-0.15, -0.1) is 0 Å². The average molecular weight is 244 g/mol. The minimum atomic E-state index is -0.556. The zero-order valence-corrected chi connectivity index (χ0v) is 10.0. The van der Waals surface area contributed by atoms with Crippen LogP contribution in [0.1, 0.15) is 11.1 Å². The molecule has 0 spiro atoms. The van der Waals surface area contributed by atoms with E-state index < -0.39 is 4.92 Å². The Kier molecular flexibility index (Phi) is 2.93. The molecule has 1 aromatic carbocycles. The summed E-state index contributed by atoms with van der Waals surface area (Å²) in [7, 11) is 0. The van der Waals surface area contributed by atoms with E-state index >= 15 is 0 Å². The van der Waals surface area contributed by atoms with Crippen molar-refractivity contribution in [1.29, 1.82) is 0 Å². The fourth-order valence-corrected chi connectivity index (χ4v) is 1.67. The molecular formula is C12H12N4O2. The van der Waals surface area contributed by atoms with Crippen molar-refractivity contribution >= 4 is 11.5 Å². The van der Waals surface area contributed by atoms with Crippen LogP contribution in [0.3, 0.4) is 0 Å². The zero-order valence-electron chi connectivity index (χ0n) is 10.0. The highest BCUT2D eigenvalue weighted by molar-refractivity contribution is 5.76. The van der Waals surface area contributed by atoms with E-state index in [1.807, 2.05) is 26.0 Å². The molecule has 1 heterocycles. The van der Waals surface area contributed by atoms with Gasteiger partial charge in [0.05, 0.1) is 4.92 Å². The molecule has 0 atom stereocenters. The summed E-state index contributed by atoms with van der Waals surface area (Å²) in [5, 5.41) is 11.0. The van der Waals surface area contributed by atoms with Crippen LogP contribution in [0.4, 0.5) is 11.5 Å². The molecule has 0 fully saturated rings. The lowest BCUT2D eigenvalue weighted by Gasteiger charge is -2.06. The molecule has 6 nitrogen and oxygen atoms in total. The molecule has 0 radical (unpaired) electrons. The second kappa shape index (κ2) is 4.40. The van der Waals surface area contributed by atoms with E-state index in [2.05, 4.69) is 9.97 Å². The number of nitrogens with zero attached hydrogens (tertiary/aromatic N) is 3. The summed E-state index contributed by atoms with van der Waals surface area (Å²) in [6, 6.07) is 5.54. The highest BCUT2D eigenvalue weighted by atomic mass is 16.6. The van der Waals surface area contributed by atoms with Gasteiger partial charge in [0.25, 0.3) is 0 Å². The quantitative estimate of drug-likeness (QED) is 0.645. The standard InChI is InChI=1S/C12H12N4O2/c1-7-3-4-9(5-8(7)2)10-11(16(17)18)12(13)15-6-14-10/h3-6H,1-2H3,(H2,13,14,15). The molecule has 0 aliphatic heterocycles. The normalized spacial score (nSPS) is 10.3. The molecule has 0 aliphatic rings. The van der Waals surface area contributed by atoms with Gasteiger partial charge < -0.3 is 5.73 Å². The molecule has 0 unspecified atom stereocenters. The Morgan fingerprint density at radius 2 is 1.94 bits per heavy atom. The van der Waals surface area contributed by atoms with E-state index in [4.69, 9.17) is 5.73 Å². The second-order valence-corrected chi connectivity index (χ2v) is 4.01. The highest BCUT2D eigenvalue weighted by Gasteiger charge is 2.22. The first-order valence-electron chi connectivity index (χ1n) is 5.33. The fraction of sp³-hybridized carbons (Fsp3) is 0.167. The summed E-state index contributed by atoms with van der Waals surface area (Å²) in [6.07, 6.45) is 1.23. The summed E-state index contributed by atoms with van der Waals surface area (Å²) >= 11 is 0. The Morgan fingerprint density at radius 1 is 1.22 bits per heavy atom. The van der Waals surface area contributed by atoms with Crippen LogP contribution in [0.25, 0.3) is 11.3 Å². The molecule has 0 bridgehead atoms. The van der Waals surface area contributed by atoms with Crippen LogP contribution in [-0.2, 0) is 0 Å². The van der Waals surface area contributed by atoms with E-state index in [1.165, 1.54) is 6.33 Å². The topological polar surface area (TPSA) is 94.9 Å². The lowest BCUT2D eigenvalue weighted by atomic mass is 10.0. The first kappa shape index (κ1) is 12.0. The molecule has 2 rings (SSSR count). The van der Waals surface area contributed by atoms with Crippen molar-refractivity contribution in [3.05, 3.63) is 45.8 Å². The third-order valence-electron chi connectivity index (χ3n) is 2.81. The van der Waals surface area contributed by atoms with Crippen LogP contribution in [0.5, 0.6) is 0 Å². The van der Waals surface area contributed by atoms with Crippen molar-refractivity contribution in [2.75, 3.05) is 5.73 Å². The van der Waals surface area contributed by atoms with Gasteiger partial charge in [-0.3, -0.25) is 10.1 Å². The number of aryl methyl sites for hydroxylation is 2. The van der Waals surface area contributed by atoms with Gasteiger partial charge in [0.2, 0.25) is 5.82 Å². The van der Waals surface area contributed by atoms with Crippen LogP contribution in [0.2, 0.25) is 0 Å². The molecule has 0 saturated heterocycles. The number of benzene rings is 1. The van der Waals surface area contributed by atoms with Crippen molar-refractivity contribution in [3.63, 3.8) is 0 Å². The maximum atomic E-state index is 11.0. The molecule has 2 N–H and O–H groups in total. The van der Waals surface area contributed by atoms with Crippen LogP contribution in [0.15, 0.2) is 24.5 Å². The van der Waals surface area contributed by atoms with Gasteiger partial charge in [0, 0.05) is 5.56 Å². The highest BCUT2D eigenvalue weighted by Crippen LogP contribution is 2.31. The van der Waals surface area contributed by atoms with Crippen LogP contribution < -0.4 is 5.73 Å².